The van der Waals surface area contributed by atoms with Crippen LogP contribution in [0.2, 0.25) is 0 Å². The number of rotatable bonds is 6. The molecule has 0 saturated carbocycles. The van der Waals surface area contributed by atoms with Gasteiger partial charge in [0.05, 0.1) is 6.42 Å². The second-order valence-electron chi connectivity index (χ2n) is 7.86. The zero-order valence-corrected chi connectivity index (χ0v) is 17.3. The molecule has 1 amide bonds. The maximum absolute atomic E-state index is 13.2. The second-order valence-corrected chi connectivity index (χ2v) is 8.77. The average molecular weight is 374 g/mol. The molecule has 1 fully saturated rings. The zero-order chi connectivity index (χ0) is 18.7. The summed E-state index contributed by atoms with van der Waals surface area (Å²) < 4.78 is 1.28. The van der Waals surface area contributed by atoms with Crippen LogP contribution in [0.25, 0.3) is 10.1 Å². The molecule has 26 heavy (non-hydrogen) atoms. The Bertz CT molecular complexity index is 747. The number of aryl methyl sites for hydroxylation is 1. The van der Waals surface area contributed by atoms with Crippen molar-refractivity contribution in [2.75, 3.05) is 47.3 Å². The van der Waals surface area contributed by atoms with E-state index < -0.39 is 0 Å². The monoisotopic (exact) mass is 373 g/mol. The molecular weight excluding hydrogens is 342 g/mol. The average Bonchev–Trinajstić information content (AvgIpc) is 2.98. The highest BCUT2D eigenvalue weighted by Crippen LogP contribution is 2.28. The summed E-state index contributed by atoms with van der Waals surface area (Å²) in [6, 6.07) is 6.91. The van der Waals surface area contributed by atoms with Crippen molar-refractivity contribution >= 4 is 27.3 Å². The molecule has 0 aliphatic carbocycles. The summed E-state index contributed by atoms with van der Waals surface area (Å²) in [4.78, 5) is 19.9. The Morgan fingerprint density at radius 3 is 2.65 bits per heavy atom. The van der Waals surface area contributed by atoms with E-state index in [0.717, 1.165) is 39.0 Å². The molecule has 4 nitrogen and oxygen atoms in total. The van der Waals surface area contributed by atoms with Crippen molar-refractivity contribution in [3.63, 3.8) is 0 Å². The summed E-state index contributed by atoms with van der Waals surface area (Å²) in [7, 11) is 6.32. The summed E-state index contributed by atoms with van der Waals surface area (Å²) in [5.74, 6) is 0.280. The number of amides is 1. The molecule has 1 aromatic carbocycles. The van der Waals surface area contributed by atoms with E-state index in [1.54, 1.807) is 11.3 Å². The quantitative estimate of drug-likeness (QED) is 0.778. The van der Waals surface area contributed by atoms with Crippen molar-refractivity contribution < 1.29 is 4.79 Å². The van der Waals surface area contributed by atoms with Gasteiger partial charge in [0.25, 0.3) is 0 Å². The summed E-state index contributed by atoms with van der Waals surface area (Å²) in [6.45, 7) is 6.02. The van der Waals surface area contributed by atoms with Gasteiger partial charge in [0.1, 0.15) is 0 Å². The number of hydrogen-bond donors (Lipinski definition) is 0. The van der Waals surface area contributed by atoms with E-state index >= 15 is 0 Å². The molecule has 5 heteroatoms. The maximum atomic E-state index is 13.2. The van der Waals surface area contributed by atoms with Gasteiger partial charge in [0.2, 0.25) is 5.91 Å². The third-order valence-electron chi connectivity index (χ3n) is 5.39. The van der Waals surface area contributed by atoms with E-state index in [1.165, 1.54) is 21.2 Å². The van der Waals surface area contributed by atoms with Gasteiger partial charge in [-0.2, -0.15) is 0 Å². The first-order chi connectivity index (χ1) is 12.4. The van der Waals surface area contributed by atoms with Gasteiger partial charge < -0.3 is 14.7 Å². The number of likely N-dealkylation sites (N-methyl/N-ethyl adjacent to an activating group) is 1. The Morgan fingerprint density at radius 1 is 1.23 bits per heavy atom. The fourth-order valence-corrected chi connectivity index (χ4v) is 4.67. The van der Waals surface area contributed by atoms with Crippen molar-refractivity contribution in [1.29, 1.82) is 0 Å². The van der Waals surface area contributed by atoms with Crippen molar-refractivity contribution in [2.24, 2.45) is 0 Å². The number of carbonyl (C=O) groups excluding carboxylic acids is 1. The molecule has 0 unspecified atom stereocenters. The molecule has 3 rings (SSSR count). The normalized spacial score (nSPS) is 16.5. The number of benzene rings is 1. The SMILES string of the molecule is Cc1ccc2scc(CC(=O)N(CCN(C)C)C3CCN(C)CC3)c2c1. The van der Waals surface area contributed by atoms with Crippen LogP contribution in [-0.2, 0) is 11.2 Å². The standard InChI is InChI=1S/C21H31N3OS/c1-16-5-6-20-19(13-16)17(15-26-20)14-21(25)24(12-11-22(2)3)18-7-9-23(4)10-8-18/h5-6,13,15,18H,7-12,14H2,1-4H3. The second kappa shape index (κ2) is 8.51. The number of likely N-dealkylation sites (tertiary alicyclic amines) is 1. The van der Waals surface area contributed by atoms with Crippen molar-refractivity contribution in [3.8, 4) is 0 Å². The van der Waals surface area contributed by atoms with Gasteiger partial charge in [-0.1, -0.05) is 17.7 Å². The maximum Gasteiger partial charge on any atom is 0.227 e. The summed E-state index contributed by atoms with van der Waals surface area (Å²) >= 11 is 1.74. The van der Waals surface area contributed by atoms with Crippen LogP contribution in [0.3, 0.4) is 0 Å². The smallest absolute Gasteiger partial charge is 0.227 e. The molecule has 0 bridgehead atoms. The van der Waals surface area contributed by atoms with Crippen LogP contribution in [0, 0.1) is 6.92 Å². The fraction of sp³-hybridized carbons (Fsp3) is 0.571. The molecule has 1 aliphatic heterocycles. The van der Waals surface area contributed by atoms with Crippen LogP contribution < -0.4 is 0 Å². The third-order valence-corrected chi connectivity index (χ3v) is 6.40. The van der Waals surface area contributed by atoms with Crippen LogP contribution in [0.4, 0.5) is 0 Å². The highest BCUT2D eigenvalue weighted by molar-refractivity contribution is 7.17. The molecule has 1 saturated heterocycles. The minimum Gasteiger partial charge on any atom is -0.338 e. The number of nitrogens with zero attached hydrogens (tertiary/aromatic N) is 3. The summed E-state index contributed by atoms with van der Waals surface area (Å²) in [5.41, 5.74) is 2.44. The fourth-order valence-electron chi connectivity index (χ4n) is 3.72. The van der Waals surface area contributed by atoms with E-state index in [-0.39, 0.29) is 5.91 Å². The Labute approximate surface area is 161 Å². The number of thiophene rings is 1. The molecule has 0 N–H and O–H groups in total. The first-order valence-corrected chi connectivity index (χ1v) is 10.4. The van der Waals surface area contributed by atoms with Crippen molar-refractivity contribution in [2.45, 2.75) is 32.2 Å². The van der Waals surface area contributed by atoms with Crippen LogP contribution in [-0.4, -0.2) is 74.0 Å². The molecule has 2 aromatic rings. The Balaban J connectivity index is 1.76. The summed E-state index contributed by atoms with van der Waals surface area (Å²) in [5, 5.41) is 3.42. The van der Waals surface area contributed by atoms with Crippen LogP contribution >= 0.6 is 11.3 Å². The molecule has 1 aliphatic rings. The Morgan fingerprint density at radius 2 is 1.96 bits per heavy atom. The predicted octanol–water partition coefficient (Wildman–Crippen LogP) is 3.24. The molecule has 1 aromatic heterocycles. The predicted molar refractivity (Wildman–Crippen MR) is 111 cm³/mol. The minimum atomic E-state index is 0.280. The molecule has 142 valence electrons. The highest BCUT2D eigenvalue weighted by Gasteiger charge is 2.27. The zero-order valence-electron chi connectivity index (χ0n) is 16.5. The number of fused-ring (bicyclic) bond motifs is 1. The van der Waals surface area contributed by atoms with Crippen LogP contribution in [0.1, 0.15) is 24.0 Å². The Hall–Kier alpha value is -1.43. The highest BCUT2D eigenvalue weighted by atomic mass is 32.1. The van der Waals surface area contributed by atoms with E-state index in [4.69, 9.17) is 0 Å². The van der Waals surface area contributed by atoms with E-state index in [9.17, 15) is 4.79 Å². The van der Waals surface area contributed by atoms with Crippen molar-refractivity contribution in [1.82, 2.24) is 14.7 Å². The van der Waals surface area contributed by atoms with Gasteiger partial charge in [0, 0.05) is 23.8 Å². The van der Waals surface area contributed by atoms with Crippen LogP contribution in [0.15, 0.2) is 23.6 Å². The largest absolute Gasteiger partial charge is 0.338 e. The third kappa shape index (κ3) is 4.64. The Kier molecular flexibility index (Phi) is 6.33. The number of carbonyl (C=O) groups is 1. The van der Waals surface area contributed by atoms with Gasteiger partial charge in [-0.05, 0) is 76.4 Å². The van der Waals surface area contributed by atoms with E-state index in [1.807, 2.05) is 0 Å². The number of piperidine rings is 1. The lowest BCUT2D eigenvalue weighted by Crippen LogP contribution is -2.49. The van der Waals surface area contributed by atoms with Gasteiger partial charge in [0.15, 0.2) is 0 Å². The molecule has 0 spiro atoms. The van der Waals surface area contributed by atoms with Gasteiger partial charge >= 0.3 is 0 Å². The first kappa shape index (κ1) is 19.3. The molecular formula is C21H31N3OS. The van der Waals surface area contributed by atoms with Crippen LogP contribution in [0.5, 0.6) is 0 Å². The first-order valence-electron chi connectivity index (χ1n) is 9.53. The van der Waals surface area contributed by atoms with E-state index in [2.05, 4.69) is 66.3 Å². The molecule has 0 atom stereocenters. The lowest BCUT2D eigenvalue weighted by molar-refractivity contribution is -0.133. The summed E-state index contributed by atoms with van der Waals surface area (Å²) in [6.07, 6.45) is 2.68. The number of hydrogen-bond acceptors (Lipinski definition) is 4. The van der Waals surface area contributed by atoms with Crippen molar-refractivity contribution in [3.05, 3.63) is 34.7 Å². The topological polar surface area (TPSA) is 26.8 Å². The lowest BCUT2D eigenvalue weighted by Gasteiger charge is -2.38. The van der Waals surface area contributed by atoms with Gasteiger partial charge in [-0.25, -0.2) is 0 Å². The minimum absolute atomic E-state index is 0.280. The van der Waals surface area contributed by atoms with Gasteiger partial charge in [-0.15, -0.1) is 11.3 Å². The molecule has 0 radical (unpaired) electrons. The van der Waals surface area contributed by atoms with Gasteiger partial charge in [-0.3, -0.25) is 4.79 Å². The molecule has 2 heterocycles. The van der Waals surface area contributed by atoms with E-state index in [0.29, 0.717) is 12.5 Å². The lowest BCUT2D eigenvalue weighted by atomic mass is 10.0.